The third-order valence-corrected chi connectivity index (χ3v) is 2.27. The maximum Gasteiger partial charge on any atom is 0.233 e. The van der Waals surface area contributed by atoms with E-state index in [1.54, 1.807) is 0 Å². The molecule has 1 heterocycles. The van der Waals surface area contributed by atoms with E-state index in [2.05, 4.69) is 29.4 Å². The summed E-state index contributed by atoms with van der Waals surface area (Å²) in [5.74, 6) is 0.538. The van der Waals surface area contributed by atoms with Gasteiger partial charge in [-0.2, -0.15) is 5.10 Å². The highest BCUT2D eigenvalue weighted by Crippen LogP contribution is 2.07. The van der Waals surface area contributed by atoms with Crippen LogP contribution in [0.1, 0.15) is 33.4 Å². The third kappa shape index (κ3) is 5.93. The second-order valence-electron chi connectivity index (χ2n) is 4.49. The second-order valence-corrected chi connectivity index (χ2v) is 4.49. The molecule has 5 heteroatoms. The highest BCUT2D eigenvalue weighted by atomic mass is 16.5. The minimum atomic E-state index is -0.0149. The maximum absolute atomic E-state index is 5.58. The molecule has 0 radical (unpaired) electrons. The zero-order valence-electron chi connectivity index (χ0n) is 11.6. The largest absolute Gasteiger partial charge is 0.471 e. The van der Waals surface area contributed by atoms with E-state index in [4.69, 9.17) is 9.47 Å². The van der Waals surface area contributed by atoms with Gasteiger partial charge < -0.3 is 14.8 Å². The monoisotopic (exact) mass is 253 g/mol. The number of hydrogen-bond acceptors (Lipinski definition) is 5. The van der Waals surface area contributed by atoms with E-state index in [0.29, 0.717) is 25.1 Å². The summed E-state index contributed by atoms with van der Waals surface area (Å²) in [5, 5.41) is 11.4. The molecule has 1 atom stereocenters. The SMILES string of the molecule is CCOCC(C)Oc1ccc(CNC(C)C)nn1. The van der Waals surface area contributed by atoms with Crippen molar-refractivity contribution in [1.82, 2.24) is 15.5 Å². The Bertz CT molecular complexity index is 328. The van der Waals surface area contributed by atoms with Crippen molar-refractivity contribution in [1.29, 1.82) is 0 Å². The number of nitrogens with zero attached hydrogens (tertiary/aromatic N) is 2. The maximum atomic E-state index is 5.58. The van der Waals surface area contributed by atoms with Crippen LogP contribution in [0.2, 0.25) is 0 Å². The molecular formula is C13H23N3O2. The van der Waals surface area contributed by atoms with Crippen LogP contribution in [-0.2, 0) is 11.3 Å². The van der Waals surface area contributed by atoms with E-state index in [-0.39, 0.29) is 6.10 Å². The first-order valence-electron chi connectivity index (χ1n) is 6.42. The average molecular weight is 253 g/mol. The van der Waals surface area contributed by atoms with Crippen LogP contribution in [0, 0.1) is 0 Å². The molecule has 0 bridgehead atoms. The Morgan fingerprint density at radius 2 is 2.00 bits per heavy atom. The Kier molecular flexibility index (Phi) is 6.60. The molecule has 0 aliphatic heterocycles. The standard InChI is InChI=1S/C13H23N3O2/c1-5-17-9-11(4)18-13-7-6-12(15-16-13)8-14-10(2)3/h6-7,10-11,14H,5,8-9H2,1-4H3. The van der Waals surface area contributed by atoms with Gasteiger partial charge >= 0.3 is 0 Å². The smallest absolute Gasteiger partial charge is 0.233 e. The van der Waals surface area contributed by atoms with E-state index in [0.717, 1.165) is 12.2 Å². The predicted molar refractivity (Wildman–Crippen MR) is 70.6 cm³/mol. The molecule has 1 unspecified atom stereocenters. The third-order valence-electron chi connectivity index (χ3n) is 2.27. The average Bonchev–Trinajstić information content (AvgIpc) is 2.35. The summed E-state index contributed by atoms with van der Waals surface area (Å²) in [5.41, 5.74) is 0.911. The Labute approximate surface area is 109 Å². The van der Waals surface area contributed by atoms with Crippen molar-refractivity contribution in [3.63, 3.8) is 0 Å². The Hall–Kier alpha value is -1.20. The Morgan fingerprint density at radius 1 is 1.22 bits per heavy atom. The molecule has 102 valence electrons. The van der Waals surface area contributed by atoms with E-state index in [9.17, 15) is 0 Å². The molecule has 5 nitrogen and oxygen atoms in total. The van der Waals surface area contributed by atoms with E-state index in [1.165, 1.54) is 0 Å². The van der Waals surface area contributed by atoms with Gasteiger partial charge in [-0.1, -0.05) is 13.8 Å². The first-order valence-corrected chi connectivity index (χ1v) is 6.42. The van der Waals surface area contributed by atoms with Crippen molar-refractivity contribution in [2.24, 2.45) is 0 Å². The lowest BCUT2D eigenvalue weighted by molar-refractivity contribution is 0.0628. The first kappa shape index (κ1) is 14.9. The van der Waals surface area contributed by atoms with E-state index < -0.39 is 0 Å². The summed E-state index contributed by atoms with van der Waals surface area (Å²) < 4.78 is 10.9. The Balaban J connectivity index is 2.39. The van der Waals surface area contributed by atoms with Crippen LogP contribution in [0.15, 0.2) is 12.1 Å². The van der Waals surface area contributed by atoms with Gasteiger partial charge in [0.25, 0.3) is 0 Å². The lowest BCUT2D eigenvalue weighted by Crippen LogP contribution is -2.23. The van der Waals surface area contributed by atoms with Crippen LogP contribution in [0.25, 0.3) is 0 Å². The van der Waals surface area contributed by atoms with Crippen LogP contribution in [0.5, 0.6) is 5.88 Å². The molecule has 18 heavy (non-hydrogen) atoms. The summed E-state index contributed by atoms with van der Waals surface area (Å²) in [6.07, 6.45) is -0.0149. The van der Waals surface area contributed by atoms with E-state index >= 15 is 0 Å². The molecule has 0 amide bonds. The van der Waals surface area contributed by atoms with Gasteiger partial charge in [0, 0.05) is 25.3 Å². The summed E-state index contributed by atoms with van der Waals surface area (Å²) in [4.78, 5) is 0. The normalized spacial score (nSPS) is 12.7. The number of aromatic nitrogens is 2. The number of ether oxygens (including phenoxy) is 2. The van der Waals surface area contributed by atoms with Crippen LogP contribution >= 0.6 is 0 Å². The van der Waals surface area contributed by atoms with Gasteiger partial charge in [-0.05, 0) is 19.9 Å². The fourth-order valence-corrected chi connectivity index (χ4v) is 1.34. The zero-order chi connectivity index (χ0) is 13.4. The molecule has 1 aromatic heterocycles. The van der Waals surface area contributed by atoms with Crippen molar-refractivity contribution in [2.75, 3.05) is 13.2 Å². The first-order chi connectivity index (χ1) is 8.61. The summed E-state index contributed by atoms with van der Waals surface area (Å²) in [7, 11) is 0. The minimum absolute atomic E-state index is 0.0149. The molecular weight excluding hydrogens is 230 g/mol. The van der Waals surface area contributed by atoms with Crippen molar-refractivity contribution in [3.8, 4) is 5.88 Å². The molecule has 0 saturated carbocycles. The Morgan fingerprint density at radius 3 is 2.56 bits per heavy atom. The topological polar surface area (TPSA) is 56.3 Å². The van der Waals surface area contributed by atoms with Crippen molar-refractivity contribution < 1.29 is 9.47 Å². The highest BCUT2D eigenvalue weighted by Gasteiger charge is 2.05. The van der Waals surface area contributed by atoms with Crippen molar-refractivity contribution in [3.05, 3.63) is 17.8 Å². The van der Waals surface area contributed by atoms with E-state index in [1.807, 2.05) is 26.0 Å². The molecule has 0 saturated heterocycles. The van der Waals surface area contributed by atoms with Gasteiger partial charge in [0.2, 0.25) is 5.88 Å². The summed E-state index contributed by atoms with van der Waals surface area (Å²) in [6.45, 7) is 10.1. The van der Waals surface area contributed by atoms with Crippen molar-refractivity contribution >= 4 is 0 Å². The predicted octanol–water partition coefficient (Wildman–Crippen LogP) is 1.78. The summed E-state index contributed by atoms with van der Waals surface area (Å²) >= 11 is 0. The van der Waals surface area contributed by atoms with Gasteiger partial charge in [-0.25, -0.2) is 0 Å². The molecule has 0 aromatic carbocycles. The van der Waals surface area contributed by atoms with Crippen LogP contribution in [0.3, 0.4) is 0 Å². The van der Waals surface area contributed by atoms with Crippen molar-refractivity contribution in [2.45, 2.75) is 46.4 Å². The van der Waals surface area contributed by atoms with Crippen LogP contribution < -0.4 is 10.1 Å². The zero-order valence-corrected chi connectivity index (χ0v) is 11.6. The van der Waals surface area contributed by atoms with Gasteiger partial charge in [0.05, 0.1) is 12.3 Å². The van der Waals surface area contributed by atoms with Crippen LogP contribution in [0.4, 0.5) is 0 Å². The molecule has 1 aromatic rings. The molecule has 1 N–H and O–H groups in total. The second kappa shape index (κ2) is 8.00. The van der Waals surface area contributed by atoms with Gasteiger partial charge in [-0.15, -0.1) is 5.10 Å². The molecule has 0 fully saturated rings. The lowest BCUT2D eigenvalue weighted by Gasteiger charge is -2.13. The quantitative estimate of drug-likeness (QED) is 0.765. The van der Waals surface area contributed by atoms with Gasteiger partial charge in [0.15, 0.2) is 0 Å². The molecule has 1 rings (SSSR count). The van der Waals surface area contributed by atoms with Gasteiger partial charge in [0.1, 0.15) is 6.10 Å². The molecule has 0 aliphatic carbocycles. The highest BCUT2D eigenvalue weighted by molar-refractivity contribution is 5.11. The fraction of sp³-hybridized carbons (Fsp3) is 0.692. The molecule has 0 spiro atoms. The summed E-state index contributed by atoms with van der Waals surface area (Å²) in [6, 6.07) is 4.20. The van der Waals surface area contributed by atoms with Gasteiger partial charge in [-0.3, -0.25) is 0 Å². The number of rotatable bonds is 8. The minimum Gasteiger partial charge on any atom is -0.471 e. The number of hydrogen-bond donors (Lipinski definition) is 1. The molecule has 0 aliphatic rings. The fourth-order valence-electron chi connectivity index (χ4n) is 1.34. The van der Waals surface area contributed by atoms with Crippen LogP contribution in [-0.4, -0.2) is 35.6 Å². The number of nitrogens with one attached hydrogen (secondary N) is 1. The lowest BCUT2D eigenvalue weighted by atomic mass is 10.3.